The monoisotopic (exact) mass is 237 g/mol. The summed E-state index contributed by atoms with van der Waals surface area (Å²) in [7, 11) is 0. The van der Waals surface area contributed by atoms with Gasteiger partial charge >= 0.3 is 0 Å². The van der Waals surface area contributed by atoms with Crippen molar-refractivity contribution in [2.75, 3.05) is 6.54 Å². The average Bonchev–Trinajstić information content (AvgIpc) is 2.80. The third-order valence-corrected chi connectivity index (χ3v) is 3.70. The molecule has 88 valence electrons. The summed E-state index contributed by atoms with van der Waals surface area (Å²) in [6, 6.07) is 8.08. The molecule has 1 aliphatic carbocycles. The van der Waals surface area contributed by atoms with Crippen LogP contribution >= 0.6 is 11.6 Å². The van der Waals surface area contributed by atoms with E-state index in [1.807, 2.05) is 12.1 Å². The Balaban J connectivity index is 1.62. The van der Waals surface area contributed by atoms with Gasteiger partial charge in [-0.15, -0.1) is 0 Å². The average molecular weight is 238 g/mol. The maximum Gasteiger partial charge on any atom is 0.0406 e. The van der Waals surface area contributed by atoms with Gasteiger partial charge in [-0.2, -0.15) is 0 Å². The third kappa shape index (κ3) is 3.80. The predicted molar refractivity (Wildman–Crippen MR) is 69.7 cm³/mol. The fourth-order valence-electron chi connectivity index (χ4n) is 2.44. The van der Waals surface area contributed by atoms with Crippen molar-refractivity contribution in [2.24, 2.45) is 5.92 Å². The molecule has 0 heterocycles. The Kier molecular flexibility index (Phi) is 4.68. The molecular formula is C14H20ClN. The minimum atomic E-state index is 0.815. The van der Waals surface area contributed by atoms with E-state index >= 15 is 0 Å². The molecule has 0 aliphatic heterocycles. The number of nitrogens with one attached hydrogen (secondary N) is 1. The van der Waals surface area contributed by atoms with Gasteiger partial charge in [0.15, 0.2) is 0 Å². The molecule has 0 spiro atoms. The zero-order chi connectivity index (χ0) is 11.2. The van der Waals surface area contributed by atoms with Crippen molar-refractivity contribution in [1.29, 1.82) is 0 Å². The molecule has 1 aromatic carbocycles. The first-order chi connectivity index (χ1) is 7.84. The Morgan fingerprint density at radius 3 is 2.50 bits per heavy atom. The number of halogens is 1. The van der Waals surface area contributed by atoms with E-state index in [1.165, 1.54) is 37.7 Å². The van der Waals surface area contributed by atoms with Gasteiger partial charge < -0.3 is 5.32 Å². The summed E-state index contributed by atoms with van der Waals surface area (Å²) in [6.07, 6.45) is 7.13. The summed E-state index contributed by atoms with van der Waals surface area (Å²) in [5.41, 5.74) is 1.32. The van der Waals surface area contributed by atoms with E-state index in [9.17, 15) is 0 Å². The second-order valence-corrected chi connectivity index (χ2v) is 5.18. The molecule has 1 nitrogen and oxygen atoms in total. The highest BCUT2D eigenvalue weighted by atomic mass is 35.5. The van der Waals surface area contributed by atoms with E-state index in [0.717, 1.165) is 24.0 Å². The second-order valence-electron chi connectivity index (χ2n) is 4.74. The SMILES string of the molecule is Clc1ccc(CNCCC2CCCC2)cc1. The minimum absolute atomic E-state index is 0.815. The van der Waals surface area contributed by atoms with Gasteiger partial charge in [-0.25, -0.2) is 0 Å². The summed E-state index contributed by atoms with van der Waals surface area (Å²) in [6.45, 7) is 2.11. The molecule has 1 N–H and O–H groups in total. The standard InChI is InChI=1S/C14H20ClN/c15-14-7-5-13(6-8-14)11-16-10-9-12-3-1-2-4-12/h5-8,12,16H,1-4,9-11H2. The van der Waals surface area contributed by atoms with Crippen LogP contribution in [0.5, 0.6) is 0 Å². The van der Waals surface area contributed by atoms with Gasteiger partial charge in [0, 0.05) is 11.6 Å². The molecular weight excluding hydrogens is 218 g/mol. The molecule has 1 saturated carbocycles. The fourth-order valence-corrected chi connectivity index (χ4v) is 2.57. The summed E-state index contributed by atoms with van der Waals surface area (Å²) >= 11 is 5.84. The van der Waals surface area contributed by atoms with Gasteiger partial charge in [0.2, 0.25) is 0 Å². The zero-order valence-corrected chi connectivity index (χ0v) is 10.5. The van der Waals surface area contributed by atoms with Crippen LogP contribution in [0, 0.1) is 5.92 Å². The highest BCUT2D eigenvalue weighted by Gasteiger charge is 2.13. The van der Waals surface area contributed by atoms with E-state index in [-0.39, 0.29) is 0 Å². The third-order valence-electron chi connectivity index (χ3n) is 3.45. The first-order valence-corrected chi connectivity index (χ1v) is 6.67. The molecule has 0 aromatic heterocycles. The summed E-state index contributed by atoms with van der Waals surface area (Å²) in [5.74, 6) is 0.984. The van der Waals surface area contributed by atoms with Crippen molar-refractivity contribution in [3.05, 3.63) is 34.9 Å². The molecule has 2 heteroatoms. The normalized spacial score (nSPS) is 16.8. The molecule has 1 fully saturated rings. The molecule has 1 aromatic rings. The Morgan fingerprint density at radius 2 is 1.81 bits per heavy atom. The Labute approximate surface area is 103 Å². The van der Waals surface area contributed by atoms with Crippen LogP contribution in [0.3, 0.4) is 0 Å². The van der Waals surface area contributed by atoms with Crippen molar-refractivity contribution in [1.82, 2.24) is 5.32 Å². The van der Waals surface area contributed by atoms with Gasteiger partial charge in [-0.1, -0.05) is 49.4 Å². The van der Waals surface area contributed by atoms with Crippen LogP contribution in [0.4, 0.5) is 0 Å². The summed E-state index contributed by atoms with van der Waals surface area (Å²) in [5, 5.41) is 4.32. The quantitative estimate of drug-likeness (QED) is 0.763. The Bertz CT molecular complexity index is 301. The van der Waals surface area contributed by atoms with Crippen LogP contribution in [-0.4, -0.2) is 6.54 Å². The van der Waals surface area contributed by atoms with Gasteiger partial charge in [0.1, 0.15) is 0 Å². The van der Waals surface area contributed by atoms with Crippen LogP contribution < -0.4 is 5.32 Å². The zero-order valence-electron chi connectivity index (χ0n) is 9.71. The second kappa shape index (κ2) is 6.27. The number of hydrogen-bond acceptors (Lipinski definition) is 1. The molecule has 1 aliphatic rings. The summed E-state index contributed by atoms with van der Waals surface area (Å²) < 4.78 is 0. The van der Waals surface area contributed by atoms with Gasteiger partial charge in [0.25, 0.3) is 0 Å². The summed E-state index contributed by atoms with van der Waals surface area (Å²) in [4.78, 5) is 0. The number of benzene rings is 1. The van der Waals surface area contributed by atoms with Crippen molar-refractivity contribution in [3.63, 3.8) is 0 Å². The van der Waals surface area contributed by atoms with E-state index in [2.05, 4.69) is 17.4 Å². The van der Waals surface area contributed by atoms with E-state index in [1.54, 1.807) is 0 Å². The van der Waals surface area contributed by atoms with E-state index in [0.29, 0.717) is 0 Å². The highest BCUT2D eigenvalue weighted by Crippen LogP contribution is 2.26. The van der Waals surface area contributed by atoms with Crippen LogP contribution in [0.15, 0.2) is 24.3 Å². The lowest BCUT2D eigenvalue weighted by atomic mass is 10.0. The maximum absolute atomic E-state index is 5.84. The number of rotatable bonds is 5. The van der Waals surface area contributed by atoms with Gasteiger partial charge in [0.05, 0.1) is 0 Å². The molecule has 0 radical (unpaired) electrons. The highest BCUT2D eigenvalue weighted by molar-refractivity contribution is 6.30. The van der Waals surface area contributed by atoms with Crippen molar-refractivity contribution in [3.8, 4) is 0 Å². The van der Waals surface area contributed by atoms with Crippen molar-refractivity contribution >= 4 is 11.6 Å². The largest absolute Gasteiger partial charge is 0.313 e. The van der Waals surface area contributed by atoms with Crippen molar-refractivity contribution in [2.45, 2.75) is 38.6 Å². The van der Waals surface area contributed by atoms with Crippen LogP contribution in [-0.2, 0) is 6.54 Å². The lowest BCUT2D eigenvalue weighted by Crippen LogP contribution is -2.16. The number of hydrogen-bond donors (Lipinski definition) is 1. The molecule has 0 amide bonds. The molecule has 0 bridgehead atoms. The molecule has 0 saturated heterocycles. The molecule has 16 heavy (non-hydrogen) atoms. The Morgan fingerprint density at radius 1 is 1.12 bits per heavy atom. The van der Waals surface area contributed by atoms with E-state index < -0.39 is 0 Å². The Hall–Kier alpha value is -0.530. The van der Waals surface area contributed by atoms with Crippen LogP contribution in [0.25, 0.3) is 0 Å². The smallest absolute Gasteiger partial charge is 0.0406 e. The van der Waals surface area contributed by atoms with Crippen LogP contribution in [0.2, 0.25) is 5.02 Å². The topological polar surface area (TPSA) is 12.0 Å². The lowest BCUT2D eigenvalue weighted by molar-refractivity contribution is 0.477. The first-order valence-electron chi connectivity index (χ1n) is 6.30. The first kappa shape index (κ1) is 11.9. The molecule has 0 atom stereocenters. The van der Waals surface area contributed by atoms with E-state index in [4.69, 9.17) is 11.6 Å². The van der Waals surface area contributed by atoms with Gasteiger partial charge in [-0.3, -0.25) is 0 Å². The maximum atomic E-state index is 5.84. The van der Waals surface area contributed by atoms with Crippen LogP contribution in [0.1, 0.15) is 37.7 Å². The fraction of sp³-hybridized carbons (Fsp3) is 0.571. The molecule has 0 unspecified atom stereocenters. The molecule has 2 rings (SSSR count). The predicted octanol–water partition coefficient (Wildman–Crippen LogP) is 4.01. The van der Waals surface area contributed by atoms with Gasteiger partial charge in [-0.05, 0) is 36.6 Å². The minimum Gasteiger partial charge on any atom is -0.313 e. The van der Waals surface area contributed by atoms with Crippen molar-refractivity contribution < 1.29 is 0 Å². The lowest BCUT2D eigenvalue weighted by Gasteiger charge is -2.09.